The molecule has 0 radical (unpaired) electrons. The highest BCUT2D eigenvalue weighted by molar-refractivity contribution is 5.95. The summed E-state index contributed by atoms with van der Waals surface area (Å²) in [6.45, 7) is 5.07. The second kappa shape index (κ2) is 8.18. The van der Waals surface area contributed by atoms with Gasteiger partial charge in [0.25, 0.3) is 5.91 Å². The zero-order valence-corrected chi connectivity index (χ0v) is 14.7. The van der Waals surface area contributed by atoms with Gasteiger partial charge in [-0.2, -0.15) is 0 Å². The Bertz CT molecular complexity index is 696. The number of amides is 1. The highest BCUT2D eigenvalue weighted by Crippen LogP contribution is 2.20. The van der Waals surface area contributed by atoms with Crippen molar-refractivity contribution in [3.63, 3.8) is 0 Å². The fraction of sp³-hybridized carbons (Fsp3) is 0.421. The molecule has 0 saturated carbocycles. The topological polar surface area (TPSA) is 78.9 Å². The highest BCUT2D eigenvalue weighted by atomic mass is 16.1. The normalized spacial score (nSPS) is 22.7. The van der Waals surface area contributed by atoms with Gasteiger partial charge in [0.15, 0.2) is 0 Å². The summed E-state index contributed by atoms with van der Waals surface area (Å²) in [5, 5.41) is 3.02. The predicted octanol–water partition coefficient (Wildman–Crippen LogP) is 2.15. The number of aromatic nitrogens is 2. The van der Waals surface area contributed by atoms with Crippen LogP contribution in [0.25, 0.3) is 11.1 Å². The van der Waals surface area contributed by atoms with Crippen LogP contribution in [0, 0.1) is 5.92 Å². The van der Waals surface area contributed by atoms with Crippen LogP contribution in [0.2, 0.25) is 0 Å². The van der Waals surface area contributed by atoms with Crippen LogP contribution in [0.15, 0.2) is 43.0 Å². The van der Waals surface area contributed by atoms with Crippen LogP contribution < -0.4 is 16.2 Å². The molecule has 1 amide bonds. The lowest BCUT2D eigenvalue weighted by molar-refractivity contribution is 0.0952. The number of nitrogens with zero attached hydrogens (tertiary/aromatic N) is 2. The van der Waals surface area contributed by atoms with Crippen LogP contribution in [-0.2, 0) is 0 Å². The van der Waals surface area contributed by atoms with Crippen molar-refractivity contribution in [3.05, 3.63) is 48.5 Å². The summed E-state index contributed by atoms with van der Waals surface area (Å²) < 4.78 is 0. The maximum absolute atomic E-state index is 12.4. The first-order valence-corrected chi connectivity index (χ1v) is 8.80. The summed E-state index contributed by atoms with van der Waals surface area (Å²) in [7, 11) is 0. The van der Waals surface area contributed by atoms with E-state index in [-0.39, 0.29) is 5.91 Å². The molecule has 2 heterocycles. The Morgan fingerprint density at radius 1 is 1.12 bits per heavy atom. The third-order valence-electron chi connectivity index (χ3n) is 4.84. The predicted molar refractivity (Wildman–Crippen MR) is 97.7 cm³/mol. The van der Waals surface area contributed by atoms with Gasteiger partial charge in [-0.25, -0.2) is 9.97 Å². The average molecular weight is 339 g/mol. The Labute approximate surface area is 148 Å². The fourth-order valence-corrected chi connectivity index (χ4v) is 3.34. The summed E-state index contributed by atoms with van der Waals surface area (Å²) in [5.41, 5.74) is 9.05. The maximum Gasteiger partial charge on any atom is 0.251 e. The van der Waals surface area contributed by atoms with E-state index in [0.717, 1.165) is 24.0 Å². The first kappa shape index (κ1) is 17.5. The summed E-state index contributed by atoms with van der Waals surface area (Å²) in [6, 6.07) is 8.49. The Morgan fingerprint density at radius 2 is 1.84 bits per heavy atom. The minimum absolute atomic E-state index is 0.0394. The SMILES string of the molecule is CC1NNC(C)C1CCCNC(=O)c1cccc(-c2cncnc2)c1. The van der Waals surface area contributed by atoms with E-state index in [0.29, 0.717) is 30.1 Å². The molecule has 1 fully saturated rings. The van der Waals surface area contributed by atoms with Gasteiger partial charge in [-0.1, -0.05) is 12.1 Å². The Morgan fingerprint density at radius 3 is 2.56 bits per heavy atom. The molecule has 2 aromatic rings. The molecule has 6 heteroatoms. The molecule has 25 heavy (non-hydrogen) atoms. The van der Waals surface area contributed by atoms with E-state index in [1.807, 2.05) is 24.3 Å². The molecule has 1 aliphatic heterocycles. The lowest BCUT2D eigenvalue weighted by atomic mass is 9.92. The van der Waals surface area contributed by atoms with Gasteiger partial charge in [0.2, 0.25) is 0 Å². The zero-order chi connectivity index (χ0) is 17.6. The van der Waals surface area contributed by atoms with Crippen molar-refractivity contribution in [1.82, 2.24) is 26.1 Å². The van der Waals surface area contributed by atoms with Gasteiger partial charge in [0, 0.05) is 42.1 Å². The van der Waals surface area contributed by atoms with Crippen LogP contribution in [0.4, 0.5) is 0 Å². The number of nitrogens with one attached hydrogen (secondary N) is 3. The van der Waals surface area contributed by atoms with E-state index in [9.17, 15) is 4.79 Å². The van der Waals surface area contributed by atoms with Crippen molar-refractivity contribution in [2.24, 2.45) is 5.92 Å². The van der Waals surface area contributed by atoms with Crippen molar-refractivity contribution in [2.45, 2.75) is 38.8 Å². The quantitative estimate of drug-likeness (QED) is 0.703. The fourth-order valence-electron chi connectivity index (χ4n) is 3.34. The average Bonchev–Trinajstić information content (AvgIpc) is 2.97. The molecular formula is C19H25N5O. The van der Waals surface area contributed by atoms with Gasteiger partial charge >= 0.3 is 0 Å². The molecule has 6 nitrogen and oxygen atoms in total. The number of carbonyl (C=O) groups is 1. The molecule has 2 atom stereocenters. The molecule has 1 aromatic heterocycles. The van der Waals surface area contributed by atoms with Gasteiger partial charge < -0.3 is 5.32 Å². The summed E-state index contributed by atoms with van der Waals surface area (Å²) in [6.07, 6.45) is 7.05. The summed E-state index contributed by atoms with van der Waals surface area (Å²) in [5.74, 6) is 0.556. The second-order valence-corrected chi connectivity index (χ2v) is 6.64. The van der Waals surface area contributed by atoms with Crippen LogP contribution >= 0.6 is 0 Å². The van der Waals surface area contributed by atoms with E-state index in [2.05, 4.69) is 40.0 Å². The largest absolute Gasteiger partial charge is 0.352 e. The monoisotopic (exact) mass is 339 g/mol. The smallest absolute Gasteiger partial charge is 0.251 e. The van der Waals surface area contributed by atoms with Gasteiger partial charge in [0.05, 0.1) is 0 Å². The van der Waals surface area contributed by atoms with Gasteiger partial charge in [-0.05, 0) is 50.3 Å². The number of benzene rings is 1. The zero-order valence-electron chi connectivity index (χ0n) is 14.7. The summed E-state index contributed by atoms with van der Waals surface area (Å²) in [4.78, 5) is 20.4. The number of hydrazine groups is 1. The van der Waals surface area contributed by atoms with E-state index in [1.165, 1.54) is 6.33 Å². The lowest BCUT2D eigenvalue weighted by Crippen LogP contribution is -2.30. The minimum Gasteiger partial charge on any atom is -0.352 e. The first-order chi connectivity index (χ1) is 12.1. The molecule has 3 N–H and O–H groups in total. The minimum atomic E-state index is -0.0394. The number of rotatable bonds is 6. The van der Waals surface area contributed by atoms with Crippen LogP contribution in [0.3, 0.4) is 0 Å². The van der Waals surface area contributed by atoms with Crippen molar-refractivity contribution < 1.29 is 4.79 Å². The first-order valence-electron chi connectivity index (χ1n) is 8.80. The van der Waals surface area contributed by atoms with E-state index < -0.39 is 0 Å². The third-order valence-corrected chi connectivity index (χ3v) is 4.84. The van der Waals surface area contributed by atoms with Crippen LogP contribution in [0.1, 0.15) is 37.0 Å². The van der Waals surface area contributed by atoms with Crippen molar-refractivity contribution in [2.75, 3.05) is 6.54 Å². The Balaban J connectivity index is 1.52. The van der Waals surface area contributed by atoms with Crippen LogP contribution in [-0.4, -0.2) is 34.5 Å². The van der Waals surface area contributed by atoms with Gasteiger partial charge in [0.1, 0.15) is 6.33 Å². The molecule has 0 spiro atoms. The highest BCUT2D eigenvalue weighted by Gasteiger charge is 2.28. The molecule has 0 bridgehead atoms. The molecule has 3 rings (SSSR count). The summed E-state index contributed by atoms with van der Waals surface area (Å²) >= 11 is 0. The molecule has 1 aliphatic rings. The van der Waals surface area contributed by atoms with Crippen LogP contribution in [0.5, 0.6) is 0 Å². The molecule has 1 saturated heterocycles. The van der Waals surface area contributed by atoms with Gasteiger partial charge in [-0.15, -0.1) is 0 Å². The Kier molecular flexibility index (Phi) is 5.73. The lowest BCUT2D eigenvalue weighted by Gasteiger charge is -2.17. The van der Waals surface area contributed by atoms with Crippen molar-refractivity contribution >= 4 is 5.91 Å². The van der Waals surface area contributed by atoms with E-state index in [4.69, 9.17) is 0 Å². The molecular weight excluding hydrogens is 314 g/mol. The maximum atomic E-state index is 12.4. The van der Waals surface area contributed by atoms with Crippen molar-refractivity contribution in [3.8, 4) is 11.1 Å². The van der Waals surface area contributed by atoms with E-state index >= 15 is 0 Å². The molecule has 1 aromatic carbocycles. The van der Waals surface area contributed by atoms with E-state index in [1.54, 1.807) is 12.4 Å². The number of carbonyl (C=O) groups excluding carboxylic acids is 1. The standard InChI is InChI=1S/C19H25N5O/c1-13-18(14(2)24-23-13)7-4-8-22-19(25)16-6-3-5-15(9-16)17-10-20-12-21-11-17/h3,5-6,9-14,18,23-24H,4,7-8H2,1-2H3,(H,22,25). The molecule has 2 unspecified atom stereocenters. The number of hydrogen-bond acceptors (Lipinski definition) is 5. The Hall–Kier alpha value is -2.31. The second-order valence-electron chi connectivity index (χ2n) is 6.64. The van der Waals surface area contributed by atoms with Crippen molar-refractivity contribution in [1.29, 1.82) is 0 Å². The number of hydrogen-bond donors (Lipinski definition) is 3. The third kappa shape index (κ3) is 4.41. The molecule has 132 valence electrons. The van der Waals surface area contributed by atoms with Gasteiger partial charge in [-0.3, -0.25) is 15.6 Å². The molecule has 0 aliphatic carbocycles.